The number of rotatable bonds is 5. The van der Waals surface area contributed by atoms with Crippen molar-refractivity contribution < 1.29 is 18.0 Å². The lowest BCUT2D eigenvalue weighted by molar-refractivity contribution is -0.137. The minimum Gasteiger partial charge on any atom is -0.325 e. The predicted molar refractivity (Wildman–Crippen MR) is 92.8 cm³/mol. The molecule has 1 aromatic heterocycles. The number of aromatic nitrogens is 1. The Labute approximate surface area is 153 Å². The highest BCUT2D eigenvalue weighted by atomic mass is 19.4. The van der Waals surface area contributed by atoms with Gasteiger partial charge in [0.1, 0.15) is 11.6 Å². The van der Waals surface area contributed by atoms with Gasteiger partial charge in [-0.1, -0.05) is 12.1 Å². The van der Waals surface area contributed by atoms with Crippen LogP contribution in [0.4, 0.5) is 18.9 Å². The first-order valence-electron chi connectivity index (χ1n) is 7.98. The Hall–Kier alpha value is -3.28. The molecule has 0 saturated heterocycles. The largest absolute Gasteiger partial charge is 0.418 e. The third-order valence-corrected chi connectivity index (χ3v) is 4.09. The Morgan fingerprint density at radius 3 is 2.56 bits per heavy atom. The summed E-state index contributed by atoms with van der Waals surface area (Å²) in [5.74, 6) is -0.532. The van der Waals surface area contributed by atoms with Gasteiger partial charge in [0.05, 0.1) is 11.3 Å². The number of anilines is 1. The molecule has 1 heterocycles. The van der Waals surface area contributed by atoms with Crippen LogP contribution in [-0.2, 0) is 17.4 Å². The van der Waals surface area contributed by atoms with Crippen molar-refractivity contribution in [1.29, 1.82) is 5.26 Å². The number of hydrogen-bond acceptors (Lipinski definition) is 4. The Balaban J connectivity index is 2.05. The van der Waals surface area contributed by atoms with Gasteiger partial charge >= 0.3 is 6.18 Å². The van der Waals surface area contributed by atoms with Crippen molar-refractivity contribution in [3.8, 4) is 6.07 Å². The summed E-state index contributed by atoms with van der Waals surface area (Å²) in [6.07, 6.45) is -4.37. The molecule has 1 aromatic carbocycles. The van der Waals surface area contributed by atoms with Crippen LogP contribution in [0.15, 0.2) is 29.1 Å². The summed E-state index contributed by atoms with van der Waals surface area (Å²) in [4.78, 5) is 26.3. The smallest absolute Gasteiger partial charge is 0.325 e. The van der Waals surface area contributed by atoms with Gasteiger partial charge in [0.15, 0.2) is 0 Å². The monoisotopic (exact) mass is 378 g/mol. The Kier molecular flexibility index (Phi) is 5.90. The molecular weight excluding hydrogens is 361 g/mol. The van der Waals surface area contributed by atoms with Crippen LogP contribution in [-0.4, -0.2) is 10.9 Å². The molecule has 0 bridgehead atoms. The number of pyridine rings is 1. The van der Waals surface area contributed by atoms with Crippen molar-refractivity contribution in [3.63, 3.8) is 0 Å². The number of nitrogens with zero attached hydrogens (tertiary/aromatic N) is 1. The number of para-hydroxylation sites is 1. The summed E-state index contributed by atoms with van der Waals surface area (Å²) >= 11 is 0. The minimum atomic E-state index is -4.55. The second-order valence-electron chi connectivity index (χ2n) is 5.89. The number of halogens is 3. The number of nitrogens with one attached hydrogen (secondary N) is 3. The van der Waals surface area contributed by atoms with Crippen LogP contribution in [0.5, 0.6) is 0 Å². The molecule has 9 heteroatoms. The first-order valence-corrected chi connectivity index (χ1v) is 7.98. The molecule has 2 rings (SSSR count). The molecule has 3 N–H and O–H groups in total. The van der Waals surface area contributed by atoms with Crippen molar-refractivity contribution in [2.45, 2.75) is 32.9 Å². The van der Waals surface area contributed by atoms with Crippen molar-refractivity contribution in [2.24, 2.45) is 0 Å². The summed E-state index contributed by atoms with van der Waals surface area (Å²) in [6, 6.07) is 6.61. The highest BCUT2D eigenvalue weighted by Gasteiger charge is 2.33. The number of nitriles is 1. The number of benzene rings is 1. The van der Waals surface area contributed by atoms with Crippen molar-refractivity contribution in [1.82, 2.24) is 10.4 Å². The van der Waals surface area contributed by atoms with Crippen molar-refractivity contribution >= 4 is 11.6 Å². The number of alkyl halides is 3. The van der Waals surface area contributed by atoms with Crippen LogP contribution < -0.4 is 16.4 Å². The summed E-state index contributed by atoms with van der Waals surface area (Å²) in [5.41, 5.74) is 4.53. The molecule has 6 nitrogen and oxygen atoms in total. The van der Waals surface area contributed by atoms with Gasteiger partial charge in [0, 0.05) is 12.1 Å². The standard InChI is InChI=1S/C18H17F3N4O2/c1-10-12(11(2)23-17(27)13(10)9-22)7-8-16(26)25-24-15-6-4-3-5-14(15)18(19,20)21/h3-6,24H,7-8H2,1-2H3,(H,23,27)(H,25,26). The maximum Gasteiger partial charge on any atom is 0.418 e. The number of carbonyl (C=O) groups is 1. The van der Waals surface area contributed by atoms with E-state index in [-0.39, 0.29) is 24.1 Å². The maximum atomic E-state index is 12.9. The van der Waals surface area contributed by atoms with E-state index in [4.69, 9.17) is 5.26 Å². The number of aromatic amines is 1. The fraction of sp³-hybridized carbons (Fsp3) is 0.278. The molecule has 0 fully saturated rings. The quantitative estimate of drug-likeness (QED) is 0.697. The van der Waals surface area contributed by atoms with E-state index in [9.17, 15) is 22.8 Å². The average molecular weight is 378 g/mol. The van der Waals surface area contributed by atoms with Crippen molar-refractivity contribution in [3.05, 3.63) is 62.6 Å². The highest BCUT2D eigenvalue weighted by Crippen LogP contribution is 2.34. The van der Waals surface area contributed by atoms with Gasteiger partial charge in [-0.2, -0.15) is 18.4 Å². The topological polar surface area (TPSA) is 97.8 Å². The van der Waals surface area contributed by atoms with E-state index in [1.165, 1.54) is 18.2 Å². The molecule has 142 valence electrons. The first kappa shape index (κ1) is 20.0. The van der Waals surface area contributed by atoms with Crippen LogP contribution in [0.1, 0.15) is 34.4 Å². The van der Waals surface area contributed by atoms with Crippen LogP contribution in [0.3, 0.4) is 0 Å². The van der Waals surface area contributed by atoms with E-state index in [2.05, 4.69) is 15.8 Å². The molecule has 0 radical (unpaired) electrons. The second kappa shape index (κ2) is 7.95. The van der Waals surface area contributed by atoms with Crippen LogP contribution in [0.2, 0.25) is 0 Å². The molecule has 0 spiro atoms. The van der Waals surface area contributed by atoms with E-state index in [0.717, 1.165) is 6.07 Å². The maximum absolute atomic E-state index is 12.9. The zero-order chi connectivity index (χ0) is 20.2. The van der Waals surface area contributed by atoms with Gasteiger partial charge in [0.25, 0.3) is 5.56 Å². The number of carbonyl (C=O) groups excluding carboxylic acids is 1. The molecule has 0 saturated carbocycles. The SMILES string of the molecule is Cc1[nH]c(=O)c(C#N)c(C)c1CCC(=O)NNc1ccccc1C(F)(F)F. The van der Waals surface area contributed by atoms with E-state index in [1.54, 1.807) is 13.8 Å². The molecule has 1 amide bonds. The summed E-state index contributed by atoms with van der Waals surface area (Å²) in [7, 11) is 0. The highest BCUT2D eigenvalue weighted by molar-refractivity contribution is 5.78. The molecular formula is C18H17F3N4O2. The first-order chi connectivity index (χ1) is 12.6. The van der Waals surface area contributed by atoms with Gasteiger partial charge < -0.3 is 4.98 Å². The summed E-state index contributed by atoms with van der Waals surface area (Å²) in [6.45, 7) is 3.27. The third-order valence-electron chi connectivity index (χ3n) is 4.09. The number of amides is 1. The molecule has 0 unspecified atom stereocenters. The summed E-state index contributed by atoms with van der Waals surface area (Å²) in [5, 5.41) is 9.04. The summed E-state index contributed by atoms with van der Waals surface area (Å²) < 4.78 is 38.8. The lowest BCUT2D eigenvalue weighted by Gasteiger charge is -2.15. The zero-order valence-corrected chi connectivity index (χ0v) is 14.6. The zero-order valence-electron chi connectivity index (χ0n) is 14.6. The van der Waals surface area contributed by atoms with Crippen LogP contribution in [0.25, 0.3) is 0 Å². The molecule has 2 aromatic rings. The van der Waals surface area contributed by atoms with Gasteiger partial charge in [0.2, 0.25) is 5.91 Å². The van der Waals surface area contributed by atoms with E-state index in [0.29, 0.717) is 16.8 Å². The third kappa shape index (κ3) is 4.67. The lowest BCUT2D eigenvalue weighted by atomic mass is 9.99. The van der Waals surface area contributed by atoms with Gasteiger partial charge in [-0.05, 0) is 43.5 Å². The molecule has 27 heavy (non-hydrogen) atoms. The van der Waals surface area contributed by atoms with Gasteiger partial charge in [-0.25, -0.2) is 0 Å². The number of aryl methyl sites for hydroxylation is 1. The molecule has 0 aliphatic carbocycles. The minimum absolute atomic E-state index is 0.0202. The molecule has 0 atom stereocenters. The Morgan fingerprint density at radius 2 is 1.93 bits per heavy atom. The fourth-order valence-electron chi connectivity index (χ4n) is 2.70. The Bertz CT molecular complexity index is 959. The molecule has 0 aliphatic rings. The fourth-order valence-corrected chi connectivity index (χ4v) is 2.70. The lowest BCUT2D eigenvalue weighted by Crippen LogP contribution is -2.31. The van der Waals surface area contributed by atoms with Crippen molar-refractivity contribution in [2.75, 3.05) is 5.43 Å². The molecule has 0 aliphatic heterocycles. The van der Waals surface area contributed by atoms with Crippen LogP contribution in [0, 0.1) is 25.2 Å². The number of hydrogen-bond donors (Lipinski definition) is 3. The van der Waals surface area contributed by atoms with Gasteiger partial charge in [-0.3, -0.25) is 20.4 Å². The number of hydrazine groups is 1. The Morgan fingerprint density at radius 1 is 1.26 bits per heavy atom. The predicted octanol–water partition coefficient (Wildman–Crippen LogP) is 2.96. The van der Waals surface area contributed by atoms with E-state index < -0.39 is 23.2 Å². The second-order valence-corrected chi connectivity index (χ2v) is 5.89. The van der Waals surface area contributed by atoms with Crippen LogP contribution >= 0.6 is 0 Å². The van der Waals surface area contributed by atoms with E-state index in [1.807, 2.05) is 6.07 Å². The normalized spacial score (nSPS) is 11.0. The number of H-pyrrole nitrogens is 1. The average Bonchev–Trinajstić information content (AvgIpc) is 2.59. The van der Waals surface area contributed by atoms with Gasteiger partial charge in [-0.15, -0.1) is 0 Å². The van der Waals surface area contributed by atoms with E-state index >= 15 is 0 Å².